The number of ether oxygens (including phenoxy) is 1. The molecule has 0 bridgehead atoms. The minimum absolute atomic E-state index is 0.156. The van der Waals surface area contributed by atoms with E-state index < -0.39 is 0 Å². The molecule has 0 unspecified atom stereocenters. The Morgan fingerprint density at radius 1 is 1.10 bits per heavy atom. The van der Waals surface area contributed by atoms with Gasteiger partial charge < -0.3 is 19.9 Å². The highest BCUT2D eigenvalue weighted by atomic mass is 16.5. The van der Waals surface area contributed by atoms with Crippen LogP contribution in [0.25, 0.3) is 11.4 Å². The summed E-state index contributed by atoms with van der Waals surface area (Å²) >= 11 is 0. The van der Waals surface area contributed by atoms with E-state index in [2.05, 4.69) is 20.8 Å². The Morgan fingerprint density at radius 2 is 1.86 bits per heavy atom. The number of benzene rings is 2. The van der Waals surface area contributed by atoms with Gasteiger partial charge in [-0.1, -0.05) is 17.3 Å². The molecular formula is C21H22N4O4. The van der Waals surface area contributed by atoms with Crippen molar-refractivity contribution >= 4 is 17.5 Å². The van der Waals surface area contributed by atoms with Crippen molar-refractivity contribution in [3.63, 3.8) is 0 Å². The summed E-state index contributed by atoms with van der Waals surface area (Å²) in [7, 11) is 1.57. The van der Waals surface area contributed by atoms with E-state index in [9.17, 15) is 9.59 Å². The number of hydrogen-bond acceptors (Lipinski definition) is 6. The van der Waals surface area contributed by atoms with E-state index >= 15 is 0 Å². The van der Waals surface area contributed by atoms with Crippen molar-refractivity contribution in [1.82, 2.24) is 15.5 Å². The second kappa shape index (κ2) is 9.50. The molecular weight excluding hydrogens is 372 g/mol. The average Bonchev–Trinajstić information content (AvgIpc) is 3.17. The van der Waals surface area contributed by atoms with Crippen molar-refractivity contribution in [3.05, 3.63) is 60.0 Å². The van der Waals surface area contributed by atoms with Gasteiger partial charge in [-0.2, -0.15) is 4.98 Å². The van der Waals surface area contributed by atoms with Crippen molar-refractivity contribution in [2.45, 2.75) is 19.8 Å². The summed E-state index contributed by atoms with van der Waals surface area (Å²) in [6.07, 6.45) is 0.777. The molecule has 1 aromatic heterocycles. The van der Waals surface area contributed by atoms with E-state index in [1.54, 1.807) is 44.4 Å². The van der Waals surface area contributed by atoms with E-state index in [1.807, 2.05) is 18.2 Å². The van der Waals surface area contributed by atoms with Gasteiger partial charge in [0.05, 0.1) is 12.8 Å². The Bertz CT molecular complexity index is 982. The summed E-state index contributed by atoms with van der Waals surface area (Å²) < 4.78 is 10.1. The molecule has 0 fully saturated rings. The van der Waals surface area contributed by atoms with Gasteiger partial charge in [-0.25, -0.2) is 0 Å². The highest BCUT2D eigenvalue weighted by molar-refractivity contribution is 5.95. The van der Waals surface area contributed by atoms with Crippen molar-refractivity contribution in [3.8, 4) is 17.1 Å². The number of para-hydroxylation sites is 1. The largest absolute Gasteiger partial charge is 0.497 e. The lowest BCUT2D eigenvalue weighted by atomic mass is 10.1. The van der Waals surface area contributed by atoms with E-state index in [-0.39, 0.29) is 18.2 Å². The third-order valence-electron chi connectivity index (χ3n) is 4.19. The van der Waals surface area contributed by atoms with Gasteiger partial charge in [0, 0.05) is 31.0 Å². The van der Waals surface area contributed by atoms with Crippen LogP contribution in [-0.2, 0) is 4.79 Å². The molecule has 0 saturated carbocycles. The molecule has 0 saturated heterocycles. The monoisotopic (exact) mass is 394 g/mol. The summed E-state index contributed by atoms with van der Waals surface area (Å²) in [5, 5.41) is 9.56. The third kappa shape index (κ3) is 5.41. The van der Waals surface area contributed by atoms with Crippen LogP contribution >= 0.6 is 0 Å². The maximum Gasteiger partial charge on any atom is 0.251 e. The standard InChI is InChI=1S/C21H22N4O4/c1-14-23-20(25-29-14)17-6-3-4-7-18(17)24-19(26)8-5-13-22-21(27)15-9-11-16(28-2)12-10-15/h3-4,6-7,9-12H,5,8,13H2,1-2H3,(H,22,27)(H,24,26). The number of hydrogen-bond donors (Lipinski definition) is 2. The van der Waals surface area contributed by atoms with Gasteiger partial charge in [-0.05, 0) is 42.8 Å². The van der Waals surface area contributed by atoms with Gasteiger partial charge in [0.2, 0.25) is 17.6 Å². The first-order chi connectivity index (χ1) is 14.1. The van der Waals surface area contributed by atoms with Crippen LogP contribution in [0, 0.1) is 6.92 Å². The van der Waals surface area contributed by atoms with Gasteiger partial charge in [-0.3, -0.25) is 9.59 Å². The second-order valence-electron chi connectivity index (χ2n) is 6.32. The third-order valence-corrected chi connectivity index (χ3v) is 4.19. The molecule has 150 valence electrons. The first-order valence-electron chi connectivity index (χ1n) is 9.18. The van der Waals surface area contributed by atoms with Gasteiger partial charge in [0.1, 0.15) is 5.75 Å². The van der Waals surface area contributed by atoms with Gasteiger partial charge in [0.25, 0.3) is 5.91 Å². The Labute approximate surface area is 168 Å². The number of rotatable bonds is 8. The molecule has 0 spiro atoms. The lowest BCUT2D eigenvalue weighted by Crippen LogP contribution is -2.25. The average molecular weight is 394 g/mol. The molecule has 29 heavy (non-hydrogen) atoms. The predicted molar refractivity (Wildman–Crippen MR) is 108 cm³/mol. The topological polar surface area (TPSA) is 106 Å². The number of methoxy groups -OCH3 is 1. The maximum absolute atomic E-state index is 12.3. The number of carbonyl (C=O) groups excluding carboxylic acids is 2. The van der Waals surface area contributed by atoms with E-state index in [0.29, 0.717) is 47.2 Å². The number of aryl methyl sites for hydroxylation is 1. The van der Waals surface area contributed by atoms with Crippen LogP contribution < -0.4 is 15.4 Å². The molecule has 0 aliphatic carbocycles. The van der Waals surface area contributed by atoms with Crippen LogP contribution in [0.5, 0.6) is 5.75 Å². The van der Waals surface area contributed by atoms with Crippen LogP contribution in [0.2, 0.25) is 0 Å². The molecule has 2 N–H and O–H groups in total. The predicted octanol–water partition coefficient (Wildman–Crippen LogP) is 3.20. The second-order valence-corrected chi connectivity index (χ2v) is 6.32. The number of nitrogens with zero attached hydrogens (tertiary/aromatic N) is 2. The Hall–Kier alpha value is -3.68. The zero-order valence-corrected chi connectivity index (χ0v) is 16.3. The lowest BCUT2D eigenvalue weighted by Gasteiger charge is -2.09. The number of nitrogens with one attached hydrogen (secondary N) is 2. The van der Waals surface area contributed by atoms with E-state index in [4.69, 9.17) is 9.26 Å². The van der Waals surface area contributed by atoms with Gasteiger partial charge >= 0.3 is 0 Å². The van der Waals surface area contributed by atoms with Crippen LogP contribution in [0.1, 0.15) is 29.1 Å². The molecule has 3 rings (SSSR count). The fourth-order valence-electron chi connectivity index (χ4n) is 2.70. The van der Waals surface area contributed by atoms with E-state index in [1.165, 1.54) is 0 Å². The van der Waals surface area contributed by atoms with Crippen LogP contribution in [-0.4, -0.2) is 35.6 Å². The summed E-state index contributed by atoms with van der Waals surface area (Å²) in [5.74, 6) is 1.22. The molecule has 8 heteroatoms. The molecule has 0 aliphatic heterocycles. The number of amides is 2. The molecule has 0 aliphatic rings. The summed E-state index contributed by atoms with van der Waals surface area (Å²) in [6.45, 7) is 2.10. The van der Waals surface area contributed by atoms with Crippen molar-refractivity contribution in [1.29, 1.82) is 0 Å². The van der Waals surface area contributed by atoms with Gasteiger partial charge in [0.15, 0.2) is 0 Å². The number of aromatic nitrogens is 2. The molecule has 2 aromatic carbocycles. The molecule has 1 heterocycles. The smallest absolute Gasteiger partial charge is 0.251 e. The zero-order chi connectivity index (χ0) is 20.6. The van der Waals surface area contributed by atoms with Crippen molar-refractivity contribution in [2.75, 3.05) is 19.0 Å². The molecule has 8 nitrogen and oxygen atoms in total. The molecule has 0 atom stereocenters. The van der Waals surface area contributed by atoms with Crippen molar-refractivity contribution < 1.29 is 18.8 Å². The fourth-order valence-corrected chi connectivity index (χ4v) is 2.70. The Morgan fingerprint density at radius 3 is 2.55 bits per heavy atom. The van der Waals surface area contributed by atoms with Crippen LogP contribution in [0.3, 0.4) is 0 Å². The SMILES string of the molecule is COc1ccc(C(=O)NCCCC(=O)Nc2ccccc2-c2noc(C)n2)cc1. The quantitative estimate of drug-likeness (QED) is 0.568. The molecule has 3 aromatic rings. The molecule has 2 amide bonds. The van der Waals surface area contributed by atoms with Gasteiger partial charge in [-0.15, -0.1) is 0 Å². The Kier molecular flexibility index (Phi) is 6.57. The van der Waals surface area contributed by atoms with Crippen LogP contribution in [0.15, 0.2) is 53.1 Å². The van der Waals surface area contributed by atoms with Crippen LogP contribution in [0.4, 0.5) is 5.69 Å². The summed E-state index contributed by atoms with van der Waals surface area (Å²) in [6, 6.07) is 14.1. The molecule has 0 radical (unpaired) electrons. The summed E-state index contributed by atoms with van der Waals surface area (Å²) in [5.41, 5.74) is 1.84. The summed E-state index contributed by atoms with van der Waals surface area (Å²) in [4.78, 5) is 28.6. The minimum Gasteiger partial charge on any atom is -0.497 e. The van der Waals surface area contributed by atoms with Crippen molar-refractivity contribution in [2.24, 2.45) is 0 Å². The normalized spacial score (nSPS) is 10.4. The highest BCUT2D eigenvalue weighted by Crippen LogP contribution is 2.25. The zero-order valence-electron chi connectivity index (χ0n) is 16.3. The Balaban J connectivity index is 1.47. The lowest BCUT2D eigenvalue weighted by molar-refractivity contribution is -0.116. The fraction of sp³-hybridized carbons (Fsp3) is 0.238. The first-order valence-corrected chi connectivity index (χ1v) is 9.18. The number of carbonyl (C=O) groups is 2. The maximum atomic E-state index is 12.3. The number of anilines is 1. The minimum atomic E-state index is -0.189. The highest BCUT2D eigenvalue weighted by Gasteiger charge is 2.13. The van der Waals surface area contributed by atoms with E-state index in [0.717, 1.165) is 0 Å². The first kappa shape index (κ1) is 20.1.